The number of aliphatic carboxylic acids is 1. The summed E-state index contributed by atoms with van der Waals surface area (Å²) in [5.74, 6) is -6.22. The number of thiol groups is 1. The van der Waals surface area contributed by atoms with Crippen LogP contribution in [0.4, 0.5) is 0 Å². The first-order chi connectivity index (χ1) is 15.2. The van der Waals surface area contributed by atoms with E-state index in [4.69, 9.17) is 16.6 Å². The highest BCUT2D eigenvalue weighted by Gasteiger charge is 2.30. The fourth-order valence-electron chi connectivity index (χ4n) is 2.31. The Morgan fingerprint density at radius 2 is 1.30 bits per heavy atom. The van der Waals surface area contributed by atoms with E-state index in [0.717, 1.165) is 0 Å². The Morgan fingerprint density at radius 3 is 1.73 bits per heavy atom. The van der Waals surface area contributed by atoms with Crippen molar-refractivity contribution in [3.8, 4) is 0 Å². The first-order valence-corrected chi connectivity index (χ1v) is 10.6. The van der Waals surface area contributed by atoms with Crippen molar-refractivity contribution in [2.24, 2.45) is 17.4 Å². The Kier molecular flexibility index (Phi) is 13.0. The van der Waals surface area contributed by atoms with Crippen LogP contribution in [-0.4, -0.2) is 88.3 Å². The molecule has 0 spiro atoms. The van der Waals surface area contributed by atoms with Crippen molar-refractivity contribution in [1.29, 1.82) is 0 Å². The number of rotatable bonds is 14. The van der Waals surface area contributed by atoms with Crippen LogP contribution in [0.5, 0.6) is 0 Å². The van der Waals surface area contributed by atoms with Gasteiger partial charge in [0.15, 0.2) is 0 Å². The van der Waals surface area contributed by atoms with Crippen LogP contribution in [0.2, 0.25) is 0 Å². The van der Waals surface area contributed by atoms with Gasteiger partial charge < -0.3 is 42.9 Å². The summed E-state index contributed by atoms with van der Waals surface area (Å²) in [5.41, 5.74) is 10.8. The number of amides is 5. The lowest BCUT2D eigenvalue weighted by molar-refractivity contribution is -0.141. The number of nitrogens with one attached hydrogen (secondary N) is 4. The lowest BCUT2D eigenvalue weighted by Gasteiger charge is -2.24. The molecule has 5 unspecified atom stereocenters. The molecule has 33 heavy (non-hydrogen) atoms. The van der Waals surface area contributed by atoms with Gasteiger partial charge in [0.25, 0.3) is 0 Å². The van der Waals surface area contributed by atoms with Crippen LogP contribution in [0.3, 0.4) is 0 Å². The number of aliphatic hydroxyl groups excluding tert-OH is 1. The van der Waals surface area contributed by atoms with Crippen molar-refractivity contribution in [2.75, 3.05) is 12.4 Å². The van der Waals surface area contributed by atoms with E-state index in [1.165, 1.54) is 6.92 Å². The van der Waals surface area contributed by atoms with Crippen LogP contribution in [0.1, 0.15) is 27.2 Å². The smallest absolute Gasteiger partial charge is 0.327 e. The molecular weight excluding hydrogens is 460 g/mol. The van der Waals surface area contributed by atoms with E-state index in [0.29, 0.717) is 0 Å². The maximum Gasteiger partial charge on any atom is 0.327 e. The van der Waals surface area contributed by atoms with Crippen LogP contribution in [-0.2, 0) is 28.8 Å². The molecule has 188 valence electrons. The number of primary amides is 1. The van der Waals surface area contributed by atoms with Crippen LogP contribution in [0.25, 0.3) is 0 Å². The minimum atomic E-state index is -1.51. The lowest BCUT2D eigenvalue weighted by atomic mass is 10.0. The molecule has 0 heterocycles. The number of hydrogen-bond donors (Lipinski definition) is 9. The third-order valence-corrected chi connectivity index (χ3v) is 4.79. The third-order valence-electron chi connectivity index (χ3n) is 4.42. The number of aliphatic hydroxyl groups is 1. The van der Waals surface area contributed by atoms with Gasteiger partial charge >= 0.3 is 5.97 Å². The summed E-state index contributed by atoms with van der Waals surface area (Å²) in [6.07, 6.45) is -0.557. The van der Waals surface area contributed by atoms with Gasteiger partial charge in [0.1, 0.15) is 24.2 Å². The molecule has 0 bridgehead atoms. The third kappa shape index (κ3) is 10.5. The molecule has 0 aromatic rings. The van der Waals surface area contributed by atoms with E-state index in [9.17, 15) is 33.9 Å². The molecule has 0 aromatic carbocycles. The van der Waals surface area contributed by atoms with Gasteiger partial charge in [0.2, 0.25) is 29.5 Å². The molecule has 0 saturated carbocycles. The van der Waals surface area contributed by atoms with E-state index in [-0.39, 0.29) is 11.7 Å². The maximum atomic E-state index is 12.5. The number of hydrogen-bond acceptors (Lipinski definition) is 9. The second-order valence-corrected chi connectivity index (χ2v) is 7.92. The predicted molar refractivity (Wildman–Crippen MR) is 119 cm³/mol. The van der Waals surface area contributed by atoms with Crippen molar-refractivity contribution < 1.29 is 39.0 Å². The summed E-state index contributed by atoms with van der Waals surface area (Å²) < 4.78 is 0. The first-order valence-electron chi connectivity index (χ1n) is 9.94. The Bertz CT molecular complexity index is 749. The lowest BCUT2D eigenvalue weighted by Crippen LogP contribution is -2.59. The number of carboxylic acid groups (broad SMARTS) is 1. The zero-order chi connectivity index (χ0) is 25.9. The number of nitrogens with two attached hydrogens (primary N) is 2. The zero-order valence-electron chi connectivity index (χ0n) is 18.5. The standard InChI is InChI=1S/C18H32N6O8S/c1-7(2)13(20)17(30)22-9(4-12(19)26)15(28)21-8(3)14(27)23-10(5-25)16(29)24-11(6-33)18(31)32/h7-11,13,25,33H,4-6,20H2,1-3H3,(H2,19,26)(H,21,28)(H,22,30)(H,23,27)(H,24,29)(H,31,32). The van der Waals surface area contributed by atoms with Gasteiger partial charge in [-0.05, 0) is 12.8 Å². The van der Waals surface area contributed by atoms with Gasteiger partial charge in [-0.2, -0.15) is 12.6 Å². The Hall–Kier alpha value is -2.91. The van der Waals surface area contributed by atoms with Crippen molar-refractivity contribution >= 4 is 48.1 Å². The van der Waals surface area contributed by atoms with E-state index >= 15 is 0 Å². The molecule has 15 heteroatoms. The van der Waals surface area contributed by atoms with Gasteiger partial charge in [0, 0.05) is 5.75 Å². The molecule has 0 aromatic heterocycles. The number of carbonyl (C=O) groups is 6. The van der Waals surface area contributed by atoms with Crippen molar-refractivity contribution in [2.45, 2.75) is 57.4 Å². The monoisotopic (exact) mass is 492 g/mol. The average Bonchev–Trinajstić information content (AvgIpc) is 2.73. The highest BCUT2D eigenvalue weighted by molar-refractivity contribution is 7.80. The topological polar surface area (TPSA) is 243 Å². The largest absolute Gasteiger partial charge is 0.480 e. The maximum absolute atomic E-state index is 12.5. The van der Waals surface area contributed by atoms with Crippen LogP contribution < -0.4 is 32.7 Å². The summed E-state index contributed by atoms with van der Waals surface area (Å²) in [7, 11) is 0. The Morgan fingerprint density at radius 1 is 0.818 bits per heavy atom. The zero-order valence-corrected chi connectivity index (χ0v) is 19.4. The number of carboxylic acids is 1. The second-order valence-electron chi connectivity index (χ2n) is 7.56. The highest BCUT2D eigenvalue weighted by Crippen LogP contribution is 2.01. The average molecular weight is 493 g/mol. The Labute approximate surface area is 196 Å². The normalized spacial score (nSPS) is 15.4. The molecule has 14 nitrogen and oxygen atoms in total. The summed E-state index contributed by atoms with van der Waals surface area (Å²) in [5, 5.41) is 27.2. The van der Waals surface area contributed by atoms with E-state index in [2.05, 4.69) is 33.9 Å². The molecule has 0 aliphatic heterocycles. The van der Waals surface area contributed by atoms with Gasteiger partial charge in [0.05, 0.1) is 19.1 Å². The fraction of sp³-hybridized carbons (Fsp3) is 0.667. The second kappa shape index (κ2) is 14.3. The number of carbonyl (C=O) groups excluding carboxylic acids is 5. The van der Waals surface area contributed by atoms with Gasteiger partial charge in [-0.25, -0.2) is 4.79 Å². The summed E-state index contributed by atoms with van der Waals surface area (Å²) in [6, 6.07) is -6.49. The molecule has 5 atom stereocenters. The Balaban J connectivity index is 5.16. The first kappa shape index (κ1) is 30.1. The van der Waals surface area contributed by atoms with Crippen molar-refractivity contribution in [3.05, 3.63) is 0 Å². The van der Waals surface area contributed by atoms with E-state index in [1.807, 2.05) is 0 Å². The molecular formula is C18H32N6O8S. The molecule has 0 fully saturated rings. The molecule has 0 radical (unpaired) electrons. The van der Waals surface area contributed by atoms with Crippen LogP contribution in [0, 0.1) is 5.92 Å². The molecule has 0 aliphatic rings. The fourth-order valence-corrected chi connectivity index (χ4v) is 2.56. The van der Waals surface area contributed by atoms with E-state index in [1.54, 1.807) is 13.8 Å². The molecule has 5 amide bonds. The summed E-state index contributed by atoms with van der Waals surface area (Å²) in [6.45, 7) is 3.76. The summed E-state index contributed by atoms with van der Waals surface area (Å²) in [4.78, 5) is 71.4. The minimum absolute atomic E-state index is 0.229. The summed E-state index contributed by atoms with van der Waals surface area (Å²) >= 11 is 3.79. The van der Waals surface area contributed by atoms with Gasteiger partial charge in [-0.15, -0.1) is 0 Å². The quantitative estimate of drug-likeness (QED) is 0.107. The highest BCUT2D eigenvalue weighted by atomic mass is 32.1. The minimum Gasteiger partial charge on any atom is -0.480 e. The predicted octanol–water partition coefficient (Wildman–Crippen LogP) is -4.19. The van der Waals surface area contributed by atoms with Crippen LogP contribution in [0.15, 0.2) is 0 Å². The molecule has 0 rings (SSSR count). The van der Waals surface area contributed by atoms with Crippen molar-refractivity contribution in [1.82, 2.24) is 21.3 Å². The molecule has 10 N–H and O–H groups in total. The van der Waals surface area contributed by atoms with E-state index < -0.39 is 78.7 Å². The van der Waals surface area contributed by atoms with Crippen molar-refractivity contribution in [3.63, 3.8) is 0 Å². The van der Waals surface area contributed by atoms with Gasteiger partial charge in [-0.3, -0.25) is 24.0 Å². The SMILES string of the molecule is CC(NC(=O)C(CC(N)=O)NC(=O)C(N)C(C)C)C(=O)NC(CO)C(=O)NC(CS)C(=O)O. The van der Waals surface area contributed by atoms with Crippen LogP contribution >= 0.6 is 12.6 Å². The molecule has 0 aliphatic carbocycles. The van der Waals surface area contributed by atoms with Gasteiger partial charge in [-0.1, -0.05) is 13.8 Å². The molecule has 0 saturated heterocycles.